The summed E-state index contributed by atoms with van der Waals surface area (Å²) in [5, 5.41) is 9.82. The van der Waals surface area contributed by atoms with Gasteiger partial charge in [-0.3, -0.25) is 0 Å². The number of benzene rings is 1. The fourth-order valence-electron chi connectivity index (χ4n) is 1.82. The Morgan fingerprint density at radius 1 is 1.10 bits per heavy atom. The van der Waals surface area contributed by atoms with Crippen LogP contribution in [0.2, 0.25) is 0 Å². The molecule has 1 heterocycles. The number of aliphatic hydroxyl groups is 1. The molecule has 2 atom stereocenters. The Bertz CT molecular complexity index is 544. The maximum absolute atomic E-state index is 9.82. The summed E-state index contributed by atoms with van der Waals surface area (Å²) in [7, 11) is 0. The van der Waals surface area contributed by atoms with Crippen molar-refractivity contribution in [3.63, 3.8) is 0 Å². The van der Waals surface area contributed by atoms with E-state index >= 15 is 0 Å². The highest BCUT2D eigenvalue weighted by molar-refractivity contribution is 5.49. The molecule has 104 valence electrons. The Kier molecular flexibility index (Phi) is 5.35. The van der Waals surface area contributed by atoms with Crippen molar-refractivity contribution < 1.29 is 9.52 Å². The fourth-order valence-corrected chi connectivity index (χ4v) is 1.82. The summed E-state index contributed by atoms with van der Waals surface area (Å²) >= 11 is 0. The molecule has 0 aliphatic carbocycles. The number of nitrogens with two attached hydrogens (primary N) is 1. The molecule has 3 nitrogen and oxygen atoms in total. The molecule has 0 saturated carbocycles. The van der Waals surface area contributed by atoms with Crippen LogP contribution in [0.25, 0.3) is 6.08 Å². The first-order chi connectivity index (χ1) is 9.75. The highest BCUT2D eigenvalue weighted by Crippen LogP contribution is 2.14. The van der Waals surface area contributed by atoms with E-state index in [4.69, 9.17) is 10.2 Å². The third-order valence-corrected chi connectivity index (χ3v) is 2.92. The van der Waals surface area contributed by atoms with Crippen molar-refractivity contribution in [1.29, 1.82) is 0 Å². The van der Waals surface area contributed by atoms with E-state index in [1.807, 2.05) is 54.6 Å². The zero-order valence-electron chi connectivity index (χ0n) is 11.2. The van der Waals surface area contributed by atoms with Crippen LogP contribution >= 0.6 is 0 Å². The van der Waals surface area contributed by atoms with Gasteiger partial charge in [-0.15, -0.1) is 0 Å². The van der Waals surface area contributed by atoms with E-state index in [1.54, 1.807) is 18.4 Å². The second-order valence-electron chi connectivity index (χ2n) is 4.55. The molecule has 2 rings (SSSR count). The molecule has 20 heavy (non-hydrogen) atoms. The van der Waals surface area contributed by atoms with Crippen molar-refractivity contribution in [2.45, 2.75) is 18.6 Å². The quantitative estimate of drug-likeness (QED) is 0.791. The van der Waals surface area contributed by atoms with E-state index in [0.29, 0.717) is 6.42 Å². The van der Waals surface area contributed by atoms with Crippen molar-refractivity contribution in [2.75, 3.05) is 0 Å². The monoisotopic (exact) mass is 269 g/mol. The minimum atomic E-state index is -0.612. The lowest BCUT2D eigenvalue weighted by atomic mass is 10.1. The molecule has 0 fully saturated rings. The predicted molar refractivity (Wildman–Crippen MR) is 80.9 cm³/mol. The van der Waals surface area contributed by atoms with Gasteiger partial charge >= 0.3 is 0 Å². The molecule has 1 aromatic carbocycles. The van der Waals surface area contributed by atoms with Crippen molar-refractivity contribution in [3.05, 3.63) is 78.3 Å². The highest BCUT2D eigenvalue weighted by atomic mass is 16.3. The Labute approximate surface area is 119 Å². The van der Waals surface area contributed by atoms with Gasteiger partial charge in [0.1, 0.15) is 5.76 Å². The maximum atomic E-state index is 9.82. The summed E-state index contributed by atoms with van der Waals surface area (Å²) in [4.78, 5) is 0. The zero-order valence-corrected chi connectivity index (χ0v) is 11.2. The molecule has 2 aromatic rings. The van der Waals surface area contributed by atoms with Crippen LogP contribution in [0.3, 0.4) is 0 Å². The van der Waals surface area contributed by atoms with Crippen LogP contribution in [0.15, 0.2) is 71.4 Å². The van der Waals surface area contributed by atoms with Crippen LogP contribution in [-0.4, -0.2) is 11.2 Å². The van der Waals surface area contributed by atoms with Gasteiger partial charge in [0.05, 0.1) is 18.4 Å². The molecule has 0 amide bonds. The molecule has 1 aromatic heterocycles. The van der Waals surface area contributed by atoms with E-state index in [2.05, 4.69) is 0 Å². The van der Waals surface area contributed by atoms with Crippen LogP contribution in [0, 0.1) is 0 Å². The first-order valence-electron chi connectivity index (χ1n) is 6.62. The molecule has 0 saturated heterocycles. The Hall–Kier alpha value is -2.10. The Morgan fingerprint density at radius 2 is 1.90 bits per heavy atom. The molecular weight excluding hydrogens is 250 g/mol. The number of hydrogen-bond acceptors (Lipinski definition) is 3. The molecule has 3 N–H and O–H groups in total. The molecule has 0 radical (unpaired) electrons. The van der Waals surface area contributed by atoms with Crippen LogP contribution in [0.4, 0.5) is 0 Å². The third-order valence-electron chi connectivity index (χ3n) is 2.92. The molecular formula is C17H19NO2. The van der Waals surface area contributed by atoms with Crippen molar-refractivity contribution in [2.24, 2.45) is 5.73 Å². The van der Waals surface area contributed by atoms with Gasteiger partial charge in [-0.2, -0.15) is 0 Å². The van der Waals surface area contributed by atoms with Gasteiger partial charge in [-0.05, 0) is 24.1 Å². The lowest BCUT2D eigenvalue weighted by Crippen LogP contribution is -2.08. The minimum Gasteiger partial charge on any atom is -0.468 e. The fraction of sp³-hybridized carbons (Fsp3) is 0.176. The van der Waals surface area contributed by atoms with Gasteiger partial charge in [0.2, 0.25) is 0 Å². The summed E-state index contributed by atoms with van der Waals surface area (Å²) in [5.41, 5.74) is 7.01. The molecule has 0 bridgehead atoms. The average molecular weight is 269 g/mol. The van der Waals surface area contributed by atoms with Crippen LogP contribution in [0.5, 0.6) is 0 Å². The maximum Gasteiger partial charge on any atom is 0.120 e. The molecule has 3 heteroatoms. The van der Waals surface area contributed by atoms with Gasteiger partial charge in [0.25, 0.3) is 0 Å². The van der Waals surface area contributed by atoms with Crippen molar-refractivity contribution >= 4 is 6.08 Å². The summed E-state index contributed by atoms with van der Waals surface area (Å²) in [5.74, 6) is 0.754. The smallest absolute Gasteiger partial charge is 0.120 e. The Morgan fingerprint density at radius 3 is 2.60 bits per heavy atom. The summed E-state index contributed by atoms with van der Waals surface area (Å²) < 4.78 is 5.22. The average Bonchev–Trinajstić information content (AvgIpc) is 3.00. The van der Waals surface area contributed by atoms with E-state index < -0.39 is 6.10 Å². The summed E-state index contributed by atoms with van der Waals surface area (Å²) in [6.07, 6.45) is 8.85. The zero-order chi connectivity index (χ0) is 14.2. The normalized spacial score (nSPS) is 14.9. The number of rotatable bonds is 6. The number of hydrogen-bond donors (Lipinski definition) is 2. The van der Waals surface area contributed by atoms with E-state index in [-0.39, 0.29) is 6.04 Å². The van der Waals surface area contributed by atoms with E-state index in [0.717, 1.165) is 11.3 Å². The second-order valence-corrected chi connectivity index (χ2v) is 4.55. The third kappa shape index (κ3) is 4.53. The van der Waals surface area contributed by atoms with Gasteiger partial charge < -0.3 is 15.3 Å². The predicted octanol–water partition coefficient (Wildman–Crippen LogP) is 3.30. The number of furan rings is 1. The largest absolute Gasteiger partial charge is 0.468 e. The Balaban J connectivity index is 1.81. The van der Waals surface area contributed by atoms with Gasteiger partial charge in [-0.1, -0.05) is 54.6 Å². The van der Waals surface area contributed by atoms with Crippen LogP contribution in [0.1, 0.15) is 23.8 Å². The van der Waals surface area contributed by atoms with Crippen LogP contribution in [-0.2, 0) is 0 Å². The molecule has 0 unspecified atom stereocenters. The van der Waals surface area contributed by atoms with Crippen molar-refractivity contribution in [3.8, 4) is 0 Å². The van der Waals surface area contributed by atoms with Gasteiger partial charge in [0.15, 0.2) is 0 Å². The van der Waals surface area contributed by atoms with Crippen molar-refractivity contribution in [1.82, 2.24) is 0 Å². The van der Waals surface area contributed by atoms with E-state index in [9.17, 15) is 5.11 Å². The van der Waals surface area contributed by atoms with E-state index in [1.165, 1.54) is 0 Å². The van der Waals surface area contributed by atoms with Crippen LogP contribution < -0.4 is 5.73 Å². The number of aliphatic hydroxyl groups excluding tert-OH is 1. The molecule has 0 aliphatic rings. The standard InChI is InChI=1S/C17H19NO2/c18-16(17-10-5-13-20-17)9-4-8-15(19)12-11-14-6-2-1-3-7-14/h1-8,10-13,15-16,19H,9,18H2/b8-4-,12-11+/t15-,16+/m1/s1. The SMILES string of the molecule is N[C@@H](C/C=C\[C@@H](O)/C=C/c1ccccc1)c1ccco1. The molecule has 0 aliphatic heterocycles. The summed E-state index contributed by atoms with van der Waals surface area (Å²) in [6, 6.07) is 13.4. The van der Waals surface area contributed by atoms with Gasteiger partial charge in [0, 0.05) is 0 Å². The molecule has 0 spiro atoms. The first kappa shape index (κ1) is 14.3. The minimum absolute atomic E-state index is 0.174. The summed E-state index contributed by atoms with van der Waals surface area (Å²) in [6.45, 7) is 0. The topological polar surface area (TPSA) is 59.4 Å². The highest BCUT2D eigenvalue weighted by Gasteiger charge is 2.05. The second kappa shape index (κ2) is 7.48. The lowest BCUT2D eigenvalue weighted by Gasteiger charge is -2.05. The first-order valence-corrected chi connectivity index (χ1v) is 6.62. The van der Waals surface area contributed by atoms with Gasteiger partial charge in [-0.25, -0.2) is 0 Å². The lowest BCUT2D eigenvalue weighted by molar-refractivity contribution is 0.272.